The number of nitrogens with one attached hydrogen (secondary N) is 1. The number of likely N-dealkylation sites (tertiary alicyclic amines) is 1. The number of aromatic nitrogens is 2. The minimum atomic E-state index is 0.490. The summed E-state index contributed by atoms with van der Waals surface area (Å²) in [6, 6.07) is 20.5. The SMILES string of the molecule is COc1ccccc1OCCc1cc([C@H]2CCN(C/C(C)=C/c3ccccc3)C2)n[nH]1. The molecular formula is C26H31N3O2. The molecule has 0 aliphatic carbocycles. The van der Waals surface area contributed by atoms with E-state index in [1.165, 1.54) is 16.8 Å². The third-order valence-corrected chi connectivity index (χ3v) is 5.73. The molecule has 2 heterocycles. The second-order valence-electron chi connectivity index (χ2n) is 8.19. The number of aromatic amines is 1. The number of nitrogens with zero attached hydrogens (tertiary/aromatic N) is 2. The van der Waals surface area contributed by atoms with Crippen molar-refractivity contribution in [2.24, 2.45) is 0 Å². The van der Waals surface area contributed by atoms with Crippen LogP contribution in [0.5, 0.6) is 11.5 Å². The van der Waals surface area contributed by atoms with E-state index in [9.17, 15) is 0 Å². The van der Waals surface area contributed by atoms with Gasteiger partial charge >= 0.3 is 0 Å². The van der Waals surface area contributed by atoms with Crippen molar-refractivity contribution in [1.29, 1.82) is 0 Å². The second kappa shape index (κ2) is 10.3. The Kier molecular flexibility index (Phi) is 7.05. The van der Waals surface area contributed by atoms with Crippen LogP contribution >= 0.6 is 0 Å². The molecule has 1 aliphatic rings. The van der Waals surface area contributed by atoms with E-state index >= 15 is 0 Å². The molecule has 0 radical (unpaired) electrons. The number of para-hydroxylation sites is 2. The summed E-state index contributed by atoms with van der Waals surface area (Å²) in [6.45, 7) is 5.98. The molecule has 3 aromatic rings. The highest BCUT2D eigenvalue weighted by atomic mass is 16.5. The van der Waals surface area contributed by atoms with Crippen LogP contribution in [-0.4, -0.2) is 48.4 Å². The fourth-order valence-electron chi connectivity index (χ4n) is 4.18. The van der Waals surface area contributed by atoms with Gasteiger partial charge < -0.3 is 9.47 Å². The molecule has 0 amide bonds. The number of hydrogen-bond acceptors (Lipinski definition) is 4. The lowest BCUT2D eigenvalue weighted by Crippen LogP contribution is -2.22. The molecule has 0 bridgehead atoms. The predicted molar refractivity (Wildman–Crippen MR) is 125 cm³/mol. The number of methoxy groups -OCH3 is 1. The van der Waals surface area contributed by atoms with Gasteiger partial charge in [-0.15, -0.1) is 0 Å². The summed E-state index contributed by atoms with van der Waals surface area (Å²) in [6.07, 6.45) is 4.22. The van der Waals surface area contributed by atoms with Crippen molar-refractivity contribution >= 4 is 6.08 Å². The Morgan fingerprint density at radius 3 is 2.71 bits per heavy atom. The summed E-state index contributed by atoms with van der Waals surface area (Å²) in [4.78, 5) is 2.53. The maximum absolute atomic E-state index is 5.89. The zero-order valence-corrected chi connectivity index (χ0v) is 18.4. The first-order valence-electron chi connectivity index (χ1n) is 11.0. The van der Waals surface area contributed by atoms with E-state index in [1.54, 1.807) is 7.11 Å². The van der Waals surface area contributed by atoms with Crippen molar-refractivity contribution in [3.63, 3.8) is 0 Å². The first-order valence-corrected chi connectivity index (χ1v) is 11.0. The molecule has 0 unspecified atom stereocenters. The van der Waals surface area contributed by atoms with Crippen LogP contribution in [0.2, 0.25) is 0 Å². The normalized spacial score (nSPS) is 17.1. The van der Waals surface area contributed by atoms with E-state index in [0.717, 1.165) is 49.7 Å². The highest BCUT2D eigenvalue weighted by Gasteiger charge is 2.25. The van der Waals surface area contributed by atoms with Gasteiger partial charge in [0.1, 0.15) is 0 Å². The molecule has 1 saturated heterocycles. The van der Waals surface area contributed by atoms with E-state index in [0.29, 0.717) is 12.5 Å². The summed E-state index contributed by atoms with van der Waals surface area (Å²) in [5, 5.41) is 7.79. The zero-order chi connectivity index (χ0) is 21.5. The van der Waals surface area contributed by atoms with Gasteiger partial charge in [-0.25, -0.2) is 0 Å². The summed E-state index contributed by atoms with van der Waals surface area (Å²) in [5.74, 6) is 2.02. The average Bonchev–Trinajstić information content (AvgIpc) is 3.44. The highest BCUT2D eigenvalue weighted by Crippen LogP contribution is 2.28. The van der Waals surface area contributed by atoms with Gasteiger partial charge in [0, 0.05) is 31.1 Å². The zero-order valence-electron chi connectivity index (χ0n) is 18.4. The molecule has 0 saturated carbocycles. The van der Waals surface area contributed by atoms with Crippen molar-refractivity contribution in [3.05, 3.63) is 83.2 Å². The van der Waals surface area contributed by atoms with Crippen LogP contribution in [0.1, 0.15) is 36.2 Å². The fraction of sp³-hybridized carbons (Fsp3) is 0.346. The summed E-state index contributed by atoms with van der Waals surface area (Å²) in [7, 11) is 1.66. The molecule has 1 aromatic heterocycles. The predicted octanol–water partition coefficient (Wildman–Crippen LogP) is 4.93. The molecule has 1 fully saturated rings. The lowest BCUT2D eigenvalue weighted by atomic mass is 10.0. The van der Waals surface area contributed by atoms with E-state index in [-0.39, 0.29) is 0 Å². The van der Waals surface area contributed by atoms with E-state index in [1.807, 2.05) is 24.3 Å². The van der Waals surface area contributed by atoms with E-state index in [4.69, 9.17) is 9.47 Å². The monoisotopic (exact) mass is 417 g/mol. The molecule has 0 spiro atoms. The van der Waals surface area contributed by atoms with Gasteiger partial charge in [0.05, 0.1) is 19.4 Å². The fourth-order valence-corrected chi connectivity index (χ4v) is 4.18. The molecule has 31 heavy (non-hydrogen) atoms. The minimum absolute atomic E-state index is 0.490. The molecule has 5 nitrogen and oxygen atoms in total. The molecule has 1 atom stereocenters. The van der Waals surface area contributed by atoms with Crippen LogP contribution in [0.25, 0.3) is 6.08 Å². The molecule has 2 aromatic carbocycles. The van der Waals surface area contributed by atoms with Crippen molar-refractivity contribution in [3.8, 4) is 11.5 Å². The maximum Gasteiger partial charge on any atom is 0.161 e. The van der Waals surface area contributed by atoms with Crippen molar-refractivity contribution in [1.82, 2.24) is 15.1 Å². The topological polar surface area (TPSA) is 50.4 Å². The van der Waals surface area contributed by atoms with Crippen LogP contribution < -0.4 is 9.47 Å². The third-order valence-electron chi connectivity index (χ3n) is 5.73. The second-order valence-corrected chi connectivity index (χ2v) is 8.19. The average molecular weight is 418 g/mol. The van der Waals surface area contributed by atoms with Gasteiger partial charge in [0.15, 0.2) is 11.5 Å². The Morgan fingerprint density at radius 2 is 1.90 bits per heavy atom. The quantitative estimate of drug-likeness (QED) is 0.536. The third kappa shape index (κ3) is 5.76. The number of hydrogen-bond donors (Lipinski definition) is 1. The van der Waals surface area contributed by atoms with Crippen molar-refractivity contribution in [2.45, 2.75) is 25.7 Å². The number of ether oxygens (including phenoxy) is 2. The van der Waals surface area contributed by atoms with E-state index in [2.05, 4.69) is 64.5 Å². The molecule has 1 N–H and O–H groups in total. The van der Waals surface area contributed by atoms with E-state index < -0.39 is 0 Å². The summed E-state index contributed by atoms with van der Waals surface area (Å²) >= 11 is 0. The lowest BCUT2D eigenvalue weighted by Gasteiger charge is -2.16. The van der Waals surface area contributed by atoms with Crippen LogP contribution in [0.15, 0.2) is 66.2 Å². The molecule has 4 rings (SSSR count). The minimum Gasteiger partial charge on any atom is -0.493 e. The van der Waals surface area contributed by atoms with Crippen molar-refractivity contribution < 1.29 is 9.47 Å². The standard InChI is InChI=1S/C26H31N3O2/c1-20(16-21-8-4-3-5-9-21)18-29-14-12-22(19-29)24-17-23(27-28-24)13-15-31-26-11-7-6-10-25(26)30-2/h3-11,16-17,22H,12-15,18-19H2,1-2H3,(H,27,28)/b20-16+/t22-/m0/s1. The van der Waals surface area contributed by atoms with Crippen LogP contribution in [0.4, 0.5) is 0 Å². The Balaban J connectivity index is 1.26. The Labute approximate surface area is 184 Å². The molecular weight excluding hydrogens is 386 g/mol. The van der Waals surface area contributed by atoms with Gasteiger partial charge in [-0.1, -0.05) is 54.1 Å². The Morgan fingerprint density at radius 1 is 1.13 bits per heavy atom. The largest absolute Gasteiger partial charge is 0.493 e. The van der Waals surface area contributed by atoms with Gasteiger partial charge in [-0.05, 0) is 43.7 Å². The smallest absolute Gasteiger partial charge is 0.161 e. The van der Waals surface area contributed by atoms with Gasteiger partial charge in [0.2, 0.25) is 0 Å². The number of H-pyrrole nitrogens is 1. The van der Waals surface area contributed by atoms with Crippen LogP contribution in [0.3, 0.4) is 0 Å². The van der Waals surface area contributed by atoms with Gasteiger partial charge in [-0.2, -0.15) is 5.10 Å². The summed E-state index contributed by atoms with van der Waals surface area (Å²) < 4.78 is 11.2. The summed E-state index contributed by atoms with van der Waals surface area (Å²) in [5.41, 5.74) is 4.94. The highest BCUT2D eigenvalue weighted by molar-refractivity contribution is 5.52. The number of rotatable bonds is 9. The van der Waals surface area contributed by atoms with Crippen molar-refractivity contribution in [2.75, 3.05) is 33.4 Å². The molecule has 5 heteroatoms. The Hall–Kier alpha value is -3.05. The van der Waals surface area contributed by atoms with Crippen LogP contribution in [0, 0.1) is 0 Å². The molecule has 1 aliphatic heterocycles. The van der Waals surface area contributed by atoms with Gasteiger partial charge in [-0.3, -0.25) is 10.00 Å². The molecule has 162 valence electrons. The van der Waals surface area contributed by atoms with Gasteiger partial charge in [0.25, 0.3) is 0 Å². The first kappa shape index (κ1) is 21.2. The Bertz CT molecular complexity index is 997. The lowest BCUT2D eigenvalue weighted by molar-refractivity contribution is 0.296. The number of benzene rings is 2. The first-order chi connectivity index (χ1) is 15.2. The van der Waals surface area contributed by atoms with Crippen LogP contribution in [-0.2, 0) is 6.42 Å². The maximum atomic E-state index is 5.89.